The number of hydrogen-bond acceptors (Lipinski definition) is 9. The van der Waals surface area contributed by atoms with E-state index < -0.39 is 38.2 Å². The highest BCUT2D eigenvalue weighted by Crippen LogP contribution is 2.42. The van der Waals surface area contributed by atoms with Gasteiger partial charge in [-0.2, -0.15) is 11.8 Å². The van der Waals surface area contributed by atoms with E-state index in [4.69, 9.17) is 13.9 Å². The van der Waals surface area contributed by atoms with Gasteiger partial charge in [0.25, 0.3) is 0 Å². The summed E-state index contributed by atoms with van der Waals surface area (Å²) in [4.78, 5) is 37.4. The van der Waals surface area contributed by atoms with E-state index in [0.717, 1.165) is 0 Å². The van der Waals surface area contributed by atoms with Crippen molar-refractivity contribution in [1.29, 1.82) is 0 Å². The topological polar surface area (TPSA) is 126 Å². The summed E-state index contributed by atoms with van der Waals surface area (Å²) in [6.45, 7) is 12.0. The van der Waals surface area contributed by atoms with Crippen LogP contribution in [0.5, 0.6) is 11.5 Å². The molecule has 2 atom stereocenters. The second-order valence-corrected chi connectivity index (χ2v) is 15.5. The molecule has 0 saturated heterocycles. The Labute approximate surface area is 206 Å². The number of rotatable bonds is 5. The summed E-state index contributed by atoms with van der Waals surface area (Å²) >= 11 is 1.26. The quantitative estimate of drug-likeness (QED) is 0.448. The van der Waals surface area contributed by atoms with Gasteiger partial charge in [0.15, 0.2) is 0 Å². The van der Waals surface area contributed by atoms with E-state index in [1.165, 1.54) is 25.9 Å². The normalized spacial score (nSPS) is 20.2. The zero-order valence-electron chi connectivity index (χ0n) is 21.1. The Morgan fingerprint density at radius 3 is 2.47 bits per heavy atom. The minimum Gasteiger partial charge on any atom is -0.548 e. The first-order valence-corrected chi connectivity index (χ1v) is 15.1. The van der Waals surface area contributed by atoms with Gasteiger partial charge in [-0.1, -0.05) is 20.8 Å². The maximum atomic E-state index is 13.3. The lowest BCUT2D eigenvalue weighted by Crippen LogP contribution is -2.55. The van der Waals surface area contributed by atoms with Gasteiger partial charge in [0.2, 0.25) is 14.2 Å². The second-order valence-electron chi connectivity index (χ2n) is 9.75. The van der Waals surface area contributed by atoms with Crippen LogP contribution in [0.3, 0.4) is 0 Å². The Morgan fingerprint density at radius 1 is 1.29 bits per heavy atom. The molecule has 2 N–H and O–H groups in total. The Bertz CT molecular complexity index is 946. The molecule has 1 aliphatic heterocycles. The van der Waals surface area contributed by atoms with Gasteiger partial charge >= 0.3 is 5.97 Å². The summed E-state index contributed by atoms with van der Waals surface area (Å²) in [5.74, 6) is -1.24. The smallest absolute Gasteiger partial charge is 0.339 e. The molecule has 0 aromatic heterocycles. The maximum Gasteiger partial charge on any atom is 0.339 e. The zero-order valence-corrected chi connectivity index (χ0v) is 22.9. The largest absolute Gasteiger partial charge is 0.548 e. The molecule has 1 amide bonds. The molecule has 34 heavy (non-hydrogen) atoms. The SMILES string of the molecule is CN[C@H]1COC(=O)c2c(C)c(OC)cc(O[Si](C)(C)C(C)(C)C)c2CSC[C@@H](C(=O)[O-])NC1=O. The molecule has 0 bridgehead atoms. The highest BCUT2D eigenvalue weighted by Gasteiger charge is 2.40. The van der Waals surface area contributed by atoms with E-state index in [-0.39, 0.29) is 23.2 Å². The molecule has 1 heterocycles. The molecule has 0 radical (unpaired) electrons. The number of carboxylic acid groups (broad SMARTS) is 1. The number of fused-ring (bicyclic) bond motifs is 1. The van der Waals surface area contributed by atoms with Gasteiger partial charge in [-0.05, 0) is 32.1 Å². The van der Waals surface area contributed by atoms with Crippen molar-refractivity contribution >= 4 is 37.9 Å². The fourth-order valence-corrected chi connectivity index (χ4v) is 5.28. The highest BCUT2D eigenvalue weighted by atomic mass is 32.2. The molecular formula is C23H35N2O7SSi-. The lowest BCUT2D eigenvalue weighted by molar-refractivity contribution is -0.307. The van der Waals surface area contributed by atoms with Crippen LogP contribution in [0, 0.1) is 6.92 Å². The molecule has 0 spiro atoms. The van der Waals surface area contributed by atoms with Gasteiger partial charge in [-0.15, -0.1) is 0 Å². The number of carboxylic acids is 1. The third kappa shape index (κ3) is 6.25. The van der Waals surface area contributed by atoms with Crippen LogP contribution < -0.4 is 24.9 Å². The molecule has 1 aromatic rings. The van der Waals surface area contributed by atoms with Crippen molar-refractivity contribution in [3.63, 3.8) is 0 Å². The van der Waals surface area contributed by atoms with E-state index in [1.807, 2.05) is 0 Å². The number of amides is 1. The van der Waals surface area contributed by atoms with Crippen LogP contribution in [-0.4, -0.2) is 64.8 Å². The molecule has 190 valence electrons. The van der Waals surface area contributed by atoms with Crippen molar-refractivity contribution in [2.24, 2.45) is 0 Å². The van der Waals surface area contributed by atoms with Gasteiger partial charge in [0.05, 0.1) is 24.7 Å². The van der Waals surface area contributed by atoms with Crippen molar-refractivity contribution in [2.45, 2.75) is 63.7 Å². The summed E-state index contributed by atoms with van der Waals surface area (Å²) < 4.78 is 17.6. The van der Waals surface area contributed by atoms with Gasteiger partial charge in [0, 0.05) is 28.7 Å². The molecule has 2 rings (SSSR count). The third-order valence-electron chi connectivity index (χ3n) is 6.38. The van der Waals surface area contributed by atoms with E-state index >= 15 is 0 Å². The fourth-order valence-electron chi connectivity index (χ4n) is 3.18. The van der Waals surface area contributed by atoms with Crippen molar-refractivity contribution < 1.29 is 33.4 Å². The van der Waals surface area contributed by atoms with Crippen LogP contribution in [0.15, 0.2) is 6.07 Å². The summed E-state index contributed by atoms with van der Waals surface area (Å²) in [7, 11) is 0.753. The Kier molecular flexibility index (Phi) is 9.06. The minimum absolute atomic E-state index is 0.0591. The predicted molar refractivity (Wildman–Crippen MR) is 132 cm³/mol. The Morgan fingerprint density at radius 2 is 1.94 bits per heavy atom. The van der Waals surface area contributed by atoms with Crippen LogP contribution >= 0.6 is 11.8 Å². The summed E-state index contributed by atoms with van der Waals surface area (Å²) in [5.41, 5.74) is 1.51. The van der Waals surface area contributed by atoms with Crippen LogP contribution in [-0.2, 0) is 20.1 Å². The first-order valence-electron chi connectivity index (χ1n) is 11.1. The minimum atomic E-state index is -2.29. The summed E-state index contributed by atoms with van der Waals surface area (Å²) in [6, 6.07) is -0.341. The number of carbonyl (C=O) groups excluding carboxylic acids is 3. The average molecular weight is 512 g/mol. The number of carbonyl (C=O) groups is 3. The number of cyclic esters (lactones) is 1. The van der Waals surface area contributed by atoms with Gasteiger partial charge in [-0.3, -0.25) is 4.79 Å². The predicted octanol–water partition coefficient (Wildman–Crippen LogP) is 1.61. The van der Waals surface area contributed by atoms with Crippen molar-refractivity contribution in [3.8, 4) is 11.5 Å². The van der Waals surface area contributed by atoms with E-state index in [9.17, 15) is 19.5 Å². The molecule has 11 heteroatoms. The Balaban J connectivity index is 2.64. The number of likely N-dealkylation sites (N-methyl/N-ethyl adjacent to an activating group) is 1. The average Bonchev–Trinajstić information content (AvgIpc) is 2.72. The number of nitrogens with one attached hydrogen (secondary N) is 2. The molecule has 0 unspecified atom stereocenters. The maximum absolute atomic E-state index is 13.3. The van der Waals surface area contributed by atoms with Crippen LogP contribution in [0.25, 0.3) is 0 Å². The number of methoxy groups -OCH3 is 1. The standard InChI is InChI=1S/C23H36N2O7SSi/c1-13-17(30-6)9-18(32-34(7,8)23(2,3)4)14-11-33-12-16(21(27)28)25-20(26)15(24-5)10-31-22(29)19(13)14/h9,15-16,24H,10-12H2,1-8H3,(H,25,26)(H,27,28)/p-1/t15-,16-/m0/s1. The fraction of sp³-hybridized carbons (Fsp3) is 0.609. The number of hydrogen-bond donors (Lipinski definition) is 2. The lowest BCUT2D eigenvalue weighted by Gasteiger charge is -2.37. The number of thioether (sulfide) groups is 1. The van der Waals surface area contributed by atoms with E-state index in [2.05, 4.69) is 44.5 Å². The summed E-state index contributed by atoms with van der Waals surface area (Å²) in [6.07, 6.45) is 0. The van der Waals surface area contributed by atoms with Gasteiger partial charge in [-0.25, -0.2) is 4.79 Å². The van der Waals surface area contributed by atoms with Crippen molar-refractivity contribution in [1.82, 2.24) is 10.6 Å². The van der Waals surface area contributed by atoms with Crippen LogP contribution in [0.1, 0.15) is 42.3 Å². The van der Waals surface area contributed by atoms with Crippen LogP contribution in [0.2, 0.25) is 18.1 Å². The van der Waals surface area contributed by atoms with Gasteiger partial charge in [0.1, 0.15) is 24.1 Å². The van der Waals surface area contributed by atoms with E-state index in [1.54, 1.807) is 13.0 Å². The third-order valence-corrected chi connectivity index (χ3v) is 11.8. The zero-order chi connectivity index (χ0) is 25.8. The first-order chi connectivity index (χ1) is 15.7. The van der Waals surface area contributed by atoms with Gasteiger partial charge < -0.3 is 34.4 Å². The van der Waals surface area contributed by atoms with Crippen LogP contribution in [0.4, 0.5) is 0 Å². The van der Waals surface area contributed by atoms with Crippen molar-refractivity contribution in [3.05, 3.63) is 22.8 Å². The number of esters is 1. The number of ether oxygens (including phenoxy) is 2. The highest BCUT2D eigenvalue weighted by molar-refractivity contribution is 7.98. The lowest BCUT2D eigenvalue weighted by atomic mass is 10.0. The van der Waals surface area contributed by atoms with Crippen molar-refractivity contribution in [2.75, 3.05) is 26.5 Å². The number of benzene rings is 1. The second kappa shape index (κ2) is 11.0. The molecule has 0 aliphatic carbocycles. The first kappa shape index (κ1) is 28.0. The molecule has 1 aliphatic rings. The monoisotopic (exact) mass is 511 g/mol. The molecular weight excluding hydrogens is 476 g/mol. The number of aliphatic carboxylic acids is 1. The molecule has 0 fully saturated rings. The molecule has 0 saturated carbocycles. The molecule has 9 nitrogen and oxygen atoms in total. The Hall–Kier alpha value is -2.24. The molecule has 1 aromatic carbocycles. The van der Waals surface area contributed by atoms with E-state index in [0.29, 0.717) is 28.2 Å². The summed E-state index contributed by atoms with van der Waals surface area (Å²) in [5, 5.41) is 16.7.